The highest BCUT2D eigenvalue weighted by Crippen LogP contribution is 2.93. The van der Waals surface area contributed by atoms with Crippen LogP contribution in [0.2, 0.25) is 0 Å². The third-order valence-corrected chi connectivity index (χ3v) is 23.1. The van der Waals surface area contributed by atoms with Crippen LogP contribution in [0, 0.1) is 5.41 Å². The lowest BCUT2D eigenvalue weighted by atomic mass is 10.00. The molecule has 1 rings (SSSR count). The maximum atomic E-state index is 5.24. The zero-order valence-corrected chi connectivity index (χ0v) is 16.6. The largest absolute Gasteiger partial charge is 0.260 e. The van der Waals surface area contributed by atoms with E-state index in [4.69, 9.17) is 25.3 Å². The van der Waals surface area contributed by atoms with Gasteiger partial charge < -0.3 is 0 Å². The monoisotopic (exact) mass is 326 g/mol. The van der Waals surface area contributed by atoms with E-state index in [0.717, 1.165) is 0 Å². The fraction of sp³-hybridized carbons (Fsp3) is 1.00. The number of hydrogen-bond donors (Lipinski definition) is 2. The SMILES string of the molecule is CC[P+]1(CC)CC(C)(C)C[P+](CC)(CC)C1(S)S. The second-order valence-corrected chi connectivity index (χ2v) is 19.2. The van der Waals surface area contributed by atoms with E-state index < -0.39 is 14.5 Å². The van der Waals surface area contributed by atoms with E-state index in [9.17, 15) is 0 Å². The summed E-state index contributed by atoms with van der Waals surface area (Å²) in [6, 6.07) is 0. The van der Waals surface area contributed by atoms with Crippen LogP contribution in [0.5, 0.6) is 0 Å². The van der Waals surface area contributed by atoms with Crippen LogP contribution in [-0.4, -0.2) is 40.5 Å². The summed E-state index contributed by atoms with van der Waals surface area (Å²) in [7, 11) is -2.11. The van der Waals surface area contributed by atoms with Crippen LogP contribution in [-0.2, 0) is 0 Å². The van der Waals surface area contributed by atoms with Crippen molar-refractivity contribution in [2.75, 3.05) is 37.0 Å². The summed E-state index contributed by atoms with van der Waals surface area (Å²) in [5.74, 6) is 0. The van der Waals surface area contributed by atoms with Crippen LogP contribution >= 0.6 is 39.8 Å². The summed E-state index contributed by atoms with van der Waals surface area (Å²) in [6.07, 6.45) is 8.07. The Morgan fingerprint density at radius 2 is 1.06 bits per heavy atom. The van der Waals surface area contributed by atoms with Gasteiger partial charge in [-0.2, -0.15) is 0 Å². The van der Waals surface area contributed by atoms with Crippen molar-refractivity contribution in [1.82, 2.24) is 0 Å². The van der Waals surface area contributed by atoms with Crippen molar-refractivity contribution in [3.05, 3.63) is 0 Å². The molecule has 1 aliphatic rings. The first-order chi connectivity index (χ1) is 8.16. The van der Waals surface area contributed by atoms with Crippen molar-refractivity contribution in [3.63, 3.8) is 0 Å². The third-order valence-electron chi connectivity index (χ3n) is 5.16. The smallest absolute Gasteiger partial charge is 0.0805 e. The second-order valence-electron chi connectivity index (χ2n) is 6.64. The molecule has 1 heterocycles. The van der Waals surface area contributed by atoms with Crippen molar-refractivity contribution >= 4 is 39.8 Å². The summed E-state index contributed by atoms with van der Waals surface area (Å²) in [5.41, 5.74) is 0.508. The summed E-state index contributed by atoms with van der Waals surface area (Å²) < 4.78 is 0.0719. The van der Waals surface area contributed by atoms with Crippen molar-refractivity contribution in [2.24, 2.45) is 5.41 Å². The van der Waals surface area contributed by atoms with Gasteiger partial charge in [-0.3, -0.25) is 0 Å². The average molecular weight is 326 g/mol. The number of hydrogen-bond acceptors (Lipinski definition) is 2. The predicted molar refractivity (Wildman–Crippen MR) is 100 cm³/mol. The molecular formula is C14H32P2S2+2. The summed E-state index contributed by atoms with van der Waals surface area (Å²) in [5, 5.41) is 0. The van der Waals surface area contributed by atoms with E-state index in [-0.39, 0.29) is 3.56 Å². The van der Waals surface area contributed by atoms with E-state index in [1.54, 1.807) is 0 Å². The Kier molecular flexibility index (Phi) is 5.62. The molecule has 0 radical (unpaired) electrons. The summed E-state index contributed by atoms with van der Waals surface area (Å²) >= 11 is 10.5. The molecule has 1 aliphatic heterocycles. The van der Waals surface area contributed by atoms with Gasteiger partial charge in [-0.05, 0) is 27.7 Å². The van der Waals surface area contributed by atoms with Crippen LogP contribution in [0.15, 0.2) is 0 Å². The first-order valence-electron chi connectivity index (χ1n) is 7.33. The van der Waals surface area contributed by atoms with Crippen LogP contribution in [0.25, 0.3) is 0 Å². The van der Waals surface area contributed by atoms with Crippen molar-refractivity contribution in [1.29, 1.82) is 0 Å². The molecule has 0 nitrogen and oxygen atoms in total. The second kappa shape index (κ2) is 5.75. The van der Waals surface area contributed by atoms with E-state index >= 15 is 0 Å². The molecule has 0 bridgehead atoms. The lowest BCUT2D eigenvalue weighted by molar-refractivity contribution is 0.474. The highest BCUT2D eigenvalue weighted by Gasteiger charge is 2.73. The molecule has 0 aromatic rings. The molecule has 0 aliphatic carbocycles. The minimum absolute atomic E-state index is 0.0719. The molecule has 1 saturated heterocycles. The lowest BCUT2D eigenvalue weighted by Gasteiger charge is -2.53. The summed E-state index contributed by atoms with van der Waals surface area (Å²) in [4.78, 5) is 0. The normalized spacial score (nSPS) is 28.0. The van der Waals surface area contributed by atoms with Gasteiger partial charge in [0.2, 0.25) is 0 Å². The first-order valence-corrected chi connectivity index (χ1v) is 12.9. The Labute approximate surface area is 127 Å². The minimum Gasteiger partial charge on any atom is -0.0805 e. The van der Waals surface area contributed by atoms with Gasteiger partial charge in [0, 0.05) is 5.41 Å². The molecule has 0 unspecified atom stereocenters. The molecule has 0 spiro atoms. The van der Waals surface area contributed by atoms with E-state index in [0.29, 0.717) is 5.41 Å². The maximum absolute atomic E-state index is 5.24. The van der Waals surface area contributed by atoms with E-state index in [1.807, 2.05) is 0 Å². The molecule has 4 heteroatoms. The van der Waals surface area contributed by atoms with E-state index in [1.165, 1.54) is 37.0 Å². The lowest BCUT2D eigenvalue weighted by Crippen LogP contribution is -2.44. The van der Waals surface area contributed by atoms with Gasteiger partial charge in [-0.1, -0.05) is 39.1 Å². The molecule has 0 atom stereocenters. The van der Waals surface area contributed by atoms with Crippen LogP contribution < -0.4 is 0 Å². The van der Waals surface area contributed by atoms with Gasteiger partial charge in [0.05, 0.1) is 51.5 Å². The molecule has 0 aromatic carbocycles. The fourth-order valence-electron chi connectivity index (χ4n) is 4.09. The number of rotatable bonds is 4. The van der Waals surface area contributed by atoms with Gasteiger partial charge in [0.1, 0.15) is 0 Å². The molecule has 18 heavy (non-hydrogen) atoms. The van der Waals surface area contributed by atoms with Gasteiger partial charge in [-0.25, -0.2) is 0 Å². The standard InChI is InChI=1S/C14H30P2S2/c1-7-15(8-2)11-13(5,6)12-16(9-3,10-4)14(15,17)18/h7-12H2,1-6H3/p+2. The first kappa shape index (κ1) is 17.6. The quantitative estimate of drug-likeness (QED) is 0.374. The predicted octanol–water partition coefficient (Wildman–Crippen LogP) is 5.61. The Bertz CT molecular complexity index is 266. The molecule has 1 fully saturated rings. The summed E-state index contributed by atoms with van der Waals surface area (Å²) in [6.45, 7) is 14.5. The van der Waals surface area contributed by atoms with Crippen LogP contribution in [0.1, 0.15) is 41.5 Å². The van der Waals surface area contributed by atoms with E-state index in [2.05, 4.69) is 41.5 Å². The molecule has 0 saturated carbocycles. The minimum atomic E-state index is -1.05. The van der Waals surface area contributed by atoms with Crippen molar-refractivity contribution < 1.29 is 0 Å². The Morgan fingerprint density at radius 3 is 1.28 bits per heavy atom. The highest BCUT2D eigenvalue weighted by molar-refractivity contribution is 8.27. The fourth-order valence-corrected chi connectivity index (χ4v) is 21.6. The molecular weight excluding hydrogens is 294 g/mol. The molecule has 108 valence electrons. The van der Waals surface area contributed by atoms with Gasteiger partial charge in [-0.15, -0.1) is 0 Å². The van der Waals surface area contributed by atoms with Gasteiger partial charge in [0.25, 0.3) is 3.56 Å². The Balaban J connectivity index is 3.37. The van der Waals surface area contributed by atoms with Crippen molar-refractivity contribution in [2.45, 2.75) is 45.1 Å². The Morgan fingerprint density at radius 1 is 0.778 bits per heavy atom. The average Bonchev–Trinajstić information content (AvgIpc) is 2.31. The topological polar surface area (TPSA) is 0 Å². The molecule has 0 aromatic heterocycles. The zero-order chi connectivity index (χ0) is 14.2. The molecule has 0 amide bonds. The van der Waals surface area contributed by atoms with Crippen LogP contribution in [0.4, 0.5) is 0 Å². The maximum Gasteiger partial charge on any atom is 0.260 e. The van der Waals surface area contributed by atoms with Crippen molar-refractivity contribution in [3.8, 4) is 0 Å². The third kappa shape index (κ3) is 2.54. The zero-order valence-electron chi connectivity index (χ0n) is 13.0. The highest BCUT2D eigenvalue weighted by atomic mass is 32.2. The molecule has 0 N–H and O–H groups in total. The number of thiol groups is 2. The Hall–Kier alpha value is 1.56. The van der Waals surface area contributed by atoms with Gasteiger partial charge in [0.15, 0.2) is 0 Å². The van der Waals surface area contributed by atoms with Crippen LogP contribution in [0.3, 0.4) is 0 Å². The van der Waals surface area contributed by atoms with Gasteiger partial charge >= 0.3 is 0 Å².